The van der Waals surface area contributed by atoms with E-state index in [4.69, 9.17) is 28.5 Å². The van der Waals surface area contributed by atoms with Gasteiger partial charge in [0.25, 0.3) is 0 Å². The molecule has 0 aromatic carbocycles. The molecule has 0 aromatic heterocycles. The third kappa shape index (κ3) is 3.60. The third-order valence-electron chi connectivity index (χ3n) is 0.734. The van der Waals surface area contributed by atoms with Crippen molar-refractivity contribution in [3.63, 3.8) is 0 Å². The number of halogens is 2. The second-order valence-electron chi connectivity index (χ2n) is 2.05. The Morgan fingerprint density at radius 1 is 1.50 bits per heavy atom. The van der Waals surface area contributed by atoms with Crippen molar-refractivity contribution >= 4 is 23.2 Å². The molecule has 2 nitrogen and oxygen atoms in total. The number of rotatable bonds is 2. The van der Waals surface area contributed by atoms with Crippen molar-refractivity contribution in [2.75, 3.05) is 0 Å². The first-order chi connectivity index (χ1) is 4.57. The lowest BCUT2D eigenvalue weighted by atomic mass is 10.4. The molecule has 0 atom stereocenters. The predicted octanol–water partition coefficient (Wildman–Crippen LogP) is 2.15. The molecule has 0 spiro atoms. The monoisotopic (exact) mass is 178 g/mol. The van der Waals surface area contributed by atoms with E-state index in [1.165, 1.54) is 0 Å². The maximum atomic E-state index is 8.41. The summed E-state index contributed by atoms with van der Waals surface area (Å²) in [5.41, 5.74) is 0.221. The Kier molecular flexibility index (Phi) is 4.26. The summed E-state index contributed by atoms with van der Waals surface area (Å²) >= 11 is 10.7. The van der Waals surface area contributed by atoms with E-state index < -0.39 is 0 Å². The van der Waals surface area contributed by atoms with Gasteiger partial charge in [0.15, 0.2) is 0 Å². The van der Waals surface area contributed by atoms with Crippen LogP contribution in [0.25, 0.3) is 0 Å². The van der Waals surface area contributed by atoms with Gasteiger partial charge in [-0.3, -0.25) is 0 Å². The van der Waals surface area contributed by atoms with Crippen molar-refractivity contribution in [1.29, 1.82) is 5.26 Å². The summed E-state index contributed by atoms with van der Waals surface area (Å²) in [5.74, 6) is 0. The van der Waals surface area contributed by atoms with Crippen molar-refractivity contribution < 1.29 is 0 Å². The van der Waals surface area contributed by atoms with E-state index in [1.807, 2.05) is 19.9 Å². The zero-order valence-electron chi connectivity index (χ0n) is 5.78. The summed E-state index contributed by atoms with van der Waals surface area (Å²) in [4.78, 5) is 0. The minimum atomic E-state index is -0.0174. The van der Waals surface area contributed by atoms with Crippen LogP contribution < -0.4 is 5.32 Å². The standard InChI is InChI=1S/C6H8Cl2N2/c1-4(2)10-5(3-9)6(7)8/h4,10H,1-2H3. The molecule has 0 aromatic rings. The predicted molar refractivity (Wildman–Crippen MR) is 42.6 cm³/mol. The number of nitrogens with one attached hydrogen (secondary N) is 1. The number of nitriles is 1. The lowest BCUT2D eigenvalue weighted by Gasteiger charge is -2.06. The molecule has 0 amide bonds. The van der Waals surface area contributed by atoms with Crippen molar-refractivity contribution in [2.24, 2.45) is 0 Å². The molecular formula is C6H8Cl2N2. The molecule has 0 rings (SSSR count). The molecule has 0 fully saturated rings. The molecule has 0 bridgehead atoms. The van der Waals surface area contributed by atoms with Crippen LogP contribution in [0.5, 0.6) is 0 Å². The number of hydrogen-bond acceptors (Lipinski definition) is 2. The summed E-state index contributed by atoms with van der Waals surface area (Å²) in [6, 6.07) is 2.01. The molecule has 56 valence electrons. The van der Waals surface area contributed by atoms with E-state index in [-0.39, 0.29) is 16.2 Å². The van der Waals surface area contributed by atoms with Gasteiger partial charge in [-0.25, -0.2) is 0 Å². The number of hydrogen-bond donors (Lipinski definition) is 1. The highest BCUT2D eigenvalue weighted by atomic mass is 35.5. The maximum Gasteiger partial charge on any atom is 0.144 e. The van der Waals surface area contributed by atoms with Gasteiger partial charge in [0.05, 0.1) is 0 Å². The topological polar surface area (TPSA) is 35.8 Å². The summed E-state index contributed by atoms with van der Waals surface area (Å²) in [5, 5.41) is 11.2. The normalized spacial score (nSPS) is 8.80. The molecular weight excluding hydrogens is 171 g/mol. The third-order valence-corrected chi connectivity index (χ3v) is 1.11. The Morgan fingerprint density at radius 3 is 2.10 bits per heavy atom. The first-order valence-corrected chi connectivity index (χ1v) is 3.55. The Hall–Kier alpha value is -0.390. The quantitative estimate of drug-likeness (QED) is 0.659. The van der Waals surface area contributed by atoms with Crippen LogP contribution in [0.2, 0.25) is 0 Å². The zero-order chi connectivity index (χ0) is 8.15. The molecule has 4 heteroatoms. The first-order valence-electron chi connectivity index (χ1n) is 2.79. The Labute approximate surface area is 70.4 Å². The highest BCUT2D eigenvalue weighted by Gasteiger charge is 2.01. The van der Waals surface area contributed by atoms with Gasteiger partial charge in [0.1, 0.15) is 16.3 Å². The molecule has 0 aliphatic rings. The second-order valence-corrected chi connectivity index (χ2v) is 3.00. The fourth-order valence-electron chi connectivity index (χ4n) is 0.418. The lowest BCUT2D eigenvalue weighted by molar-refractivity contribution is 0.683. The first kappa shape index (κ1) is 9.61. The van der Waals surface area contributed by atoms with Crippen molar-refractivity contribution in [2.45, 2.75) is 19.9 Å². The minimum Gasteiger partial charge on any atom is -0.372 e. The van der Waals surface area contributed by atoms with Crippen LogP contribution >= 0.6 is 23.2 Å². The van der Waals surface area contributed by atoms with E-state index in [0.717, 1.165) is 0 Å². The van der Waals surface area contributed by atoms with E-state index in [2.05, 4.69) is 5.32 Å². The molecule has 0 radical (unpaired) electrons. The van der Waals surface area contributed by atoms with Gasteiger partial charge in [-0.1, -0.05) is 23.2 Å². The molecule has 0 aliphatic carbocycles. The van der Waals surface area contributed by atoms with Crippen LogP contribution in [0.1, 0.15) is 13.8 Å². The molecule has 10 heavy (non-hydrogen) atoms. The molecule has 0 aliphatic heterocycles. The SMILES string of the molecule is CC(C)NC(C#N)=C(Cl)Cl. The summed E-state index contributed by atoms with van der Waals surface area (Å²) in [6.07, 6.45) is 0. The van der Waals surface area contributed by atoms with Crippen molar-refractivity contribution in [3.8, 4) is 6.07 Å². The van der Waals surface area contributed by atoms with Crippen LogP contribution in [0, 0.1) is 11.3 Å². The molecule has 0 unspecified atom stereocenters. The van der Waals surface area contributed by atoms with Crippen molar-refractivity contribution in [3.05, 3.63) is 10.2 Å². The summed E-state index contributed by atoms with van der Waals surface area (Å²) in [6.45, 7) is 3.79. The van der Waals surface area contributed by atoms with Crippen LogP contribution in [-0.2, 0) is 0 Å². The molecule has 1 N–H and O–H groups in total. The van der Waals surface area contributed by atoms with E-state index >= 15 is 0 Å². The number of allylic oxidation sites excluding steroid dienone is 1. The number of nitrogens with zero attached hydrogens (tertiary/aromatic N) is 1. The lowest BCUT2D eigenvalue weighted by Crippen LogP contribution is -2.21. The summed E-state index contributed by atoms with van der Waals surface area (Å²) in [7, 11) is 0. The van der Waals surface area contributed by atoms with Crippen LogP contribution in [0.3, 0.4) is 0 Å². The average Bonchev–Trinajstić information content (AvgIpc) is 1.81. The van der Waals surface area contributed by atoms with Gasteiger partial charge in [-0.05, 0) is 13.8 Å². The van der Waals surface area contributed by atoms with Gasteiger partial charge in [-0.2, -0.15) is 5.26 Å². The highest BCUT2D eigenvalue weighted by Crippen LogP contribution is 2.11. The Morgan fingerprint density at radius 2 is 2.00 bits per heavy atom. The van der Waals surface area contributed by atoms with Gasteiger partial charge in [0, 0.05) is 6.04 Å². The second kappa shape index (κ2) is 4.43. The molecule has 0 saturated carbocycles. The largest absolute Gasteiger partial charge is 0.372 e. The van der Waals surface area contributed by atoms with Crippen molar-refractivity contribution in [1.82, 2.24) is 5.32 Å². The minimum absolute atomic E-state index is 0.0174. The fraction of sp³-hybridized carbons (Fsp3) is 0.500. The van der Waals surface area contributed by atoms with Crippen LogP contribution in [-0.4, -0.2) is 6.04 Å². The smallest absolute Gasteiger partial charge is 0.144 e. The van der Waals surface area contributed by atoms with E-state index in [0.29, 0.717) is 0 Å². The molecule has 0 saturated heterocycles. The zero-order valence-corrected chi connectivity index (χ0v) is 7.29. The maximum absolute atomic E-state index is 8.41. The fourth-order valence-corrected chi connectivity index (χ4v) is 0.611. The molecule has 0 heterocycles. The Bertz CT molecular complexity index is 175. The van der Waals surface area contributed by atoms with Crippen LogP contribution in [0.15, 0.2) is 10.2 Å². The van der Waals surface area contributed by atoms with Gasteiger partial charge >= 0.3 is 0 Å². The van der Waals surface area contributed by atoms with Crippen LogP contribution in [0.4, 0.5) is 0 Å². The van der Waals surface area contributed by atoms with Gasteiger partial charge < -0.3 is 5.32 Å². The van der Waals surface area contributed by atoms with Gasteiger partial charge in [-0.15, -0.1) is 0 Å². The average molecular weight is 179 g/mol. The highest BCUT2D eigenvalue weighted by molar-refractivity contribution is 6.56. The van der Waals surface area contributed by atoms with E-state index in [1.54, 1.807) is 0 Å². The summed E-state index contributed by atoms with van der Waals surface area (Å²) < 4.78 is -0.0174. The van der Waals surface area contributed by atoms with Gasteiger partial charge in [0.2, 0.25) is 0 Å². The van der Waals surface area contributed by atoms with E-state index in [9.17, 15) is 0 Å². The Balaban J connectivity index is 4.15.